The Morgan fingerprint density at radius 3 is 2.17 bits per heavy atom. The lowest BCUT2D eigenvalue weighted by Gasteiger charge is -2.33. The molecule has 0 spiro atoms. The minimum absolute atomic E-state index is 0.0414. The van der Waals surface area contributed by atoms with Crippen LogP contribution in [0.1, 0.15) is 38.1 Å². The molecular formula is C24H22NO4. The van der Waals surface area contributed by atoms with Gasteiger partial charge in [-0.2, -0.15) is 0 Å². The van der Waals surface area contributed by atoms with Crippen LogP contribution in [0, 0.1) is 0 Å². The normalized spacial score (nSPS) is 18.0. The van der Waals surface area contributed by atoms with Crippen LogP contribution in [-0.4, -0.2) is 21.9 Å². The smallest absolute Gasteiger partial charge is 0.204 e. The third-order valence-electron chi connectivity index (χ3n) is 5.49. The maximum absolute atomic E-state index is 13.7. The maximum atomic E-state index is 13.7. The summed E-state index contributed by atoms with van der Waals surface area (Å²) in [7, 11) is 0. The van der Waals surface area contributed by atoms with Crippen LogP contribution in [0.4, 0.5) is 0 Å². The number of hydrogen-bond donors (Lipinski definition) is 0. The number of Topliss-reactive ketones (excluding diaryl/α,β-unsaturated/α-hetero) is 1. The van der Waals surface area contributed by atoms with Crippen molar-refractivity contribution >= 4 is 16.8 Å². The standard InChI is InChI=1S/C24H22NO4/c1-23(2)14-17(24(3,4)25(23)28)21(27)19-20(26)16-12-8-9-13-18(16)29-22(19)15-10-6-5-7-11-15/h5-14H,1-4H3. The zero-order valence-electron chi connectivity index (χ0n) is 16.9. The minimum Gasteiger partial charge on any atom is -0.455 e. The van der Waals surface area contributed by atoms with Gasteiger partial charge in [-0.25, -0.2) is 0 Å². The average Bonchev–Trinajstić information content (AvgIpc) is 2.87. The van der Waals surface area contributed by atoms with Gasteiger partial charge in [-0.05, 0) is 39.8 Å². The van der Waals surface area contributed by atoms with Gasteiger partial charge in [0.15, 0.2) is 5.78 Å². The third kappa shape index (κ3) is 2.94. The molecule has 0 saturated heterocycles. The number of para-hydroxylation sites is 1. The van der Waals surface area contributed by atoms with Gasteiger partial charge in [0, 0.05) is 11.1 Å². The van der Waals surface area contributed by atoms with Crippen molar-refractivity contribution in [1.29, 1.82) is 0 Å². The predicted molar refractivity (Wildman–Crippen MR) is 111 cm³/mol. The van der Waals surface area contributed by atoms with Crippen LogP contribution in [0.3, 0.4) is 0 Å². The van der Waals surface area contributed by atoms with Crippen LogP contribution in [0.25, 0.3) is 22.3 Å². The highest BCUT2D eigenvalue weighted by atomic mass is 16.5. The first-order valence-electron chi connectivity index (χ1n) is 9.51. The van der Waals surface area contributed by atoms with Gasteiger partial charge < -0.3 is 4.42 Å². The lowest BCUT2D eigenvalue weighted by Crippen LogP contribution is -2.47. The second-order valence-electron chi connectivity index (χ2n) is 8.39. The molecule has 0 unspecified atom stereocenters. The van der Waals surface area contributed by atoms with Crippen LogP contribution in [0.15, 0.2) is 75.5 Å². The van der Waals surface area contributed by atoms with Crippen molar-refractivity contribution in [2.75, 3.05) is 0 Å². The van der Waals surface area contributed by atoms with Crippen molar-refractivity contribution in [2.24, 2.45) is 0 Å². The van der Waals surface area contributed by atoms with Gasteiger partial charge in [0.25, 0.3) is 0 Å². The summed E-state index contributed by atoms with van der Waals surface area (Å²) in [6.07, 6.45) is 1.66. The molecule has 3 aromatic rings. The van der Waals surface area contributed by atoms with Gasteiger partial charge in [-0.1, -0.05) is 48.5 Å². The summed E-state index contributed by atoms with van der Waals surface area (Å²) in [4.78, 5) is 27.0. The number of rotatable bonds is 3. The lowest BCUT2D eigenvalue weighted by molar-refractivity contribution is -0.237. The van der Waals surface area contributed by atoms with E-state index in [1.807, 2.05) is 18.2 Å². The van der Waals surface area contributed by atoms with Crippen LogP contribution in [-0.2, 0) is 5.21 Å². The first kappa shape index (κ1) is 19.3. The summed E-state index contributed by atoms with van der Waals surface area (Å²) >= 11 is 0. The van der Waals surface area contributed by atoms with E-state index in [0.29, 0.717) is 22.1 Å². The van der Waals surface area contributed by atoms with E-state index < -0.39 is 22.3 Å². The SMILES string of the molecule is CC1(C)C=C(C(=O)c2c(-c3ccccc3)oc3ccccc3c2=O)C(C)(C)N1[O]. The second kappa shape index (κ2) is 6.51. The van der Waals surface area contributed by atoms with Crippen LogP contribution in [0.5, 0.6) is 0 Å². The molecule has 0 bridgehead atoms. The topological polar surface area (TPSA) is 70.4 Å². The molecule has 0 atom stereocenters. The van der Waals surface area contributed by atoms with E-state index in [2.05, 4.69) is 0 Å². The molecule has 0 fully saturated rings. The Morgan fingerprint density at radius 2 is 1.55 bits per heavy atom. The van der Waals surface area contributed by atoms with Gasteiger partial charge >= 0.3 is 0 Å². The molecule has 29 heavy (non-hydrogen) atoms. The molecule has 0 saturated carbocycles. The van der Waals surface area contributed by atoms with Gasteiger partial charge in [0.1, 0.15) is 16.9 Å². The van der Waals surface area contributed by atoms with Gasteiger partial charge in [-0.3, -0.25) is 9.59 Å². The van der Waals surface area contributed by atoms with Crippen molar-refractivity contribution in [3.63, 3.8) is 0 Å². The van der Waals surface area contributed by atoms with Gasteiger partial charge in [-0.15, -0.1) is 10.3 Å². The van der Waals surface area contributed by atoms with Crippen LogP contribution >= 0.6 is 0 Å². The highest BCUT2D eigenvalue weighted by Crippen LogP contribution is 2.41. The monoisotopic (exact) mass is 388 g/mol. The van der Waals surface area contributed by atoms with Crippen molar-refractivity contribution in [3.05, 3.63) is 82.0 Å². The van der Waals surface area contributed by atoms with E-state index in [9.17, 15) is 14.8 Å². The first-order valence-corrected chi connectivity index (χ1v) is 9.51. The molecule has 0 amide bonds. The maximum Gasteiger partial charge on any atom is 0.204 e. The van der Waals surface area contributed by atoms with Crippen molar-refractivity contribution in [3.8, 4) is 11.3 Å². The molecule has 1 aliphatic rings. The van der Waals surface area contributed by atoms with E-state index in [0.717, 1.165) is 5.06 Å². The predicted octanol–water partition coefficient (Wildman–Crippen LogP) is 4.79. The lowest BCUT2D eigenvalue weighted by atomic mass is 9.88. The molecule has 1 aromatic heterocycles. The largest absolute Gasteiger partial charge is 0.455 e. The van der Waals surface area contributed by atoms with Gasteiger partial charge in [0.05, 0.1) is 16.5 Å². The van der Waals surface area contributed by atoms with Crippen LogP contribution in [0.2, 0.25) is 0 Å². The number of fused-ring (bicyclic) bond motifs is 1. The quantitative estimate of drug-likeness (QED) is 0.605. The fourth-order valence-corrected chi connectivity index (χ4v) is 4.04. The summed E-state index contributed by atoms with van der Waals surface area (Å²) in [5.41, 5.74) is -0.996. The van der Waals surface area contributed by atoms with E-state index >= 15 is 0 Å². The fourth-order valence-electron chi connectivity index (χ4n) is 4.04. The van der Waals surface area contributed by atoms with Crippen molar-refractivity contribution in [2.45, 2.75) is 38.8 Å². The molecule has 1 radical (unpaired) electrons. The number of ketones is 1. The average molecular weight is 388 g/mol. The molecule has 2 heterocycles. The number of hydroxylamine groups is 2. The molecule has 147 valence electrons. The summed E-state index contributed by atoms with van der Waals surface area (Å²) in [5.74, 6) is -0.252. The number of nitrogens with zero attached hydrogens (tertiary/aromatic N) is 1. The molecule has 5 heteroatoms. The van der Waals surface area contributed by atoms with Crippen LogP contribution < -0.4 is 5.43 Å². The fraction of sp³-hybridized carbons (Fsp3) is 0.250. The Labute approximate surface area is 168 Å². The summed E-state index contributed by atoms with van der Waals surface area (Å²) in [5, 5.41) is 14.0. The summed E-state index contributed by atoms with van der Waals surface area (Å²) in [6.45, 7) is 6.90. The number of carbonyl (C=O) groups excluding carboxylic acids is 1. The summed E-state index contributed by atoms with van der Waals surface area (Å²) < 4.78 is 6.05. The van der Waals surface area contributed by atoms with E-state index in [4.69, 9.17) is 4.42 Å². The first-order chi connectivity index (χ1) is 13.6. The third-order valence-corrected chi connectivity index (χ3v) is 5.49. The Bertz CT molecular complexity index is 1200. The zero-order chi connectivity index (χ0) is 21.0. The number of carbonyl (C=O) groups is 1. The Hall–Kier alpha value is -3.02. The molecule has 0 N–H and O–H groups in total. The van der Waals surface area contributed by atoms with Crippen molar-refractivity contribution in [1.82, 2.24) is 5.06 Å². The zero-order valence-corrected chi connectivity index (χ0v) is 16.9. The molecule has 5 nitrogen and oxygen atoms in total. The Kier molecular flexibility index (Phi) is 4.33. The second-order valence-corrected chi connectivity index (χ2v) is 8.39. The molecule has 0 aliphatic carbocycles. The van der Waals surface area contributed by atoms with E-state index in [1.54, 1.807) is 70.2 Å². The molecular weight excluding hydrogens is 366 g/mol. The highest BCUT2D eigenvalue weighted by molar-refractivity contribution is 6.14. The Morgan fingerprint density at radius 1 is 0.931 bits per heavy atom. The highest BCUT2D eigenvalue weighted by Gasteiger charge is 2.49. The van der Waals surface area contributed by atoms with E-state index in [1.165, 1.54) is 0 Å². The molecule has 2 aromatic carbocycles. The minimum atomic E-state index is -1.06. The van der Waals surface area contributed by atoms with E-state index in [-0.39, 0.29) is 11.3 Å². The van der Waals surface area contributed by atoms with Gasteiger partial charge in [0.2, 0.25) is 5.43 Å². The number of benzene rings is 2. The Balaban J connectivity index is 2.02. The molecule has 1 aliphatic heterocycles. The number of hydrogen-bond acceptors (Lipinski definition) is 4. The van der Waals surface area contributed by atoms with Crippen molar-refractivity contribution < 1.29 is 14.4 Å². The summed E-state index contributed by atoms with van der Waals surface area (Å²) in [6, 6.07) is 15.9. The molecule has 4 rings (SSSR count).